The van der Waals surface area contributed by atoms with Gasteiger partial charge >= 0.3 is 0 Å². The molecule has 3 unspecified atom stereocenters. The third-order valence-electron chi connectivity index (χ3n) is 4.25. The first-order valence-electron chi connectivity index (χ1n) is 7.68. The van der Waals surface area contributed by atoms with Crippen molar-refractivity contribution in [1.82, 2.24) is 10.2 Å². The fourth-order valence-electron chi connectivity index (χ4n) is 2.83. The van der Waals surface area contributed by atoms with E-state index in [0.29, 0.717) is 18.1 Å². The minimum absolute atomic E-state index is 0.383. The lowest BCUT2D eigenvalue weighted by Gasteiger charge is -2.36. The molecule has 0 bridgehead atoms. The molecule has 1 fully saturated rings. The highest BCUT2D eigenvalue weighted by Gasteiger charge is 2.34. The third kappa shape index (κ3) is 5.50. The zero-order chi connectivity index (χ0) is 14.6. The van der Waals surface area contributed by atoms with Crippen molar-refractivity contribution in [3.63, 3.8) is 0 Å². The van der Waals surface area contributed by atoms with Gasteiger partial charge < -0.3 is 4.90 Å². The number of nitrogens with zero attached hydrogens (tertiary/aromatic N) is 2. The Labute approximate surface area is 119 Å². The van der Waals surface area contributed by atoms with Gasteiger partial charge in [0, 0.05) is 18.1 Å². The molecular formula is C16H31N3. The van der Waals surface area contributed by atoms with E-state index in [1.54, 1.807) is 0 Å². The fraction of sp³-hybridized carbons (Fsp3) is 0.938. The molecule has 3 atom stereocenters. The van der Waals surface area contributed by atoms with Gasteiger partial charge in [-0.1, -0.05) is 13.8 Å². The molecule has 1 aliphatic carbocycles. The van der Waals surface area contributed by atoms with E-state index < -0.39 is 0 Å². The molecule has 3 heteroatoms. The van der Waals surface area contributed by atoms with Crippen LogP contribution in [0.15, 0.2) is 0 Å². The molecular weight excluding hydrogens is 234 g/mol. The minimum Gasteiger partial charge on any atom is -0.301 e. The highest BCUT2D eigenvalue weighted by molar-refractivity contribution is 5.08. The molecule has 0 heterocycles. The van der Waals surface area contributed by atoms with Gasteiger partial charge in [0.1, 0.15) is 5.54 Å². The second-order valence-corrected chi connectivity index (χ2v) is 7.06. The van der Waals surface area contributed by atoms with Crippen LogP contribution in [-0.4, -0.2) is 35.6 Å². The van der Waals surface area contributed by atoms with E-state index in [1.807, 2.05) is 6.92 Å². The maximum absolute atomic E-state index is 9.45. The normalized spacial score (nSPS) is 22.1. The van der Waals surface area contributed by atoms with Crippen molar-refractivity contribution in [3.8, 4) is 6.07 Å². The van der Waals surface area contributed by atoms with Crippen LogP contribution in [0.25, 0.3) is 0 Å². The van der Waals surface area contributed by atoms with Gasteiger partial charge in [-0.05, 0) is 59.4 Å². The Hall–Kier alpha value is -0.590. The first-order valence-corrected chi connectivity index (χ1v) is 7.68. The maximum Gasteiger partial charge on any atom is 0.105 e. The summed E-state index contributed by atoms with van der Waals surface area (Å²) in [5, 5.41) is 12.9. The molecule has 0 amide bonds. The quantitative estimate of drug-likeness (QED) is 0.732. The molecule has 110 valence electrons. The monoisotopic (exact) mass is 265 g/mol. The molecule has 0 radical (unpaired) electrons. The lowest BCUT2D eigenvalue weighted by molar-refractivity contribution is 0.150. The van der Waals surface area contributed by atoms with Gasteiger partial charge in [0.25, 0.3) is 0 Å². The summed E-state index contributed by atoms with van der Waals surface area (Å²) in [6, 6.07) is 4.05. The molecule has 0 aromatic heterocycles. The topological polar surface area (TPSA) is 39.1 Å². The number of hydrogen-bond donors (Lipinski definition) is 1. The van der Waals surface area contributed by atoms with Gasteiger partial charge in [-0.15, -0.1) is 0 Å². The Bertz CT molecular complexity index is 316. The van der Waals surface area contributed by atoms with Crippen molar-refractivity contribution >= 4 is 0 Å². The number of nitriles is 1. The van der Waals surface area contributed by atoms with Crippen LogP contribution in [0.3, 0.4) is 0 Å². The summed E-state index contributed by atoms with van der Waals surface area (Å²) in [7, 11) is 2.19. The van der Waals surface area contributed by atoms with Gasteiger partial charge in [0.2, 0.25) is 0 Å². The van der Waals surface area contributed by atoms with Gasteiger partial charge in [0.05, 0.1) is 6.07 Å². The highest BCUT2D eigenvalue weighted by atomic mass is 15.2. The van der Waals surface area contributed by atoms with Crippen LogP contribution in [0.5, 0.6) is 0 Å². The lowest BCUT2D eigenvalue weighted by atomic mass is 9.93. The van der Waals surface area contributed by atoms with Crippen LogP contribution in [0.4, 0.5) is 0 Å². The average Bonchev–Trinajstić information content (AvgIpc) is 3.10. The van der Waals surface area contributed by atoms with Crippen molar-refractivity contribution in [2.45, 2.75) is 84.0 Å². The summed E-state index contributed by atoms with van der Waals surface area (Å²) in [6.45, 7) is 11.1. The van der Waals surface area contributed by atoms with Crippen LogP contribution in [0, 0.1) is 17.2 Å². The van der Waals surface area contributed by atoms with E-state index in [0.717, 1.165) is 12.3 Å². The van der Waals surface area contributed by atoms with E-state index in [1.165, 1.54) is 19.3 Å². The largest absolute Gasteiger partial charge is 0.301 e. The van der Waals surface area contributed by atoms with Crippen LogP contribution in [0.1, 0.15) is 60.3 Å². The Morgan fingerprint density at radius 3 is 2.26 bits per heavy atom. The predicted octanol–water partition coefficient (Wildman–Crippen LogP) is 3.17. The first-order chi connectivity index (χ1) is 8.77. The SMILES string of the molecule is CC(C)CC(C)N(C)C(C)CC(C)(C#N)NC1CC1. The third-order valence-corrected chi connectivity index (χ3v) is 4.25. The van der Waals surface area contributed by atoms with Crippen LogP contribution >= 0.6 is 0 Å². The summed E-state index contributed by atoms with van der Waals surface area (Å²) in [5.41, 5.74) is -0.383. The molecule has 0 saturated heterocycles. The smallest absolute Gasteiger partial charge is 0.105 e. The molecule has 0 aromatic carbocycles. The molecule has 0 aliphatic heterocycles. The Morgan fingerprint density at radius 2 is 1.84 bits per heavy atom. The van der Waals surface area contributed by atoms with E-state index in [4.69, 9.17) is 0 Å². The first kappa shape index (κ1) is 16.5. The Kier molecular flexibility index (Phi) is 5.82. The maximum atomic E-state index is 9.45. The van der Waals surface area contributed by atoms with E-state index in [2.05, 4.69) is 51.0 Å². The minimum atomic E-state index is -0.383. The summed E-state index contributed by atoms with van der Waals surface area (Å²) < 4.78 is 0. The number of hydrogen-bond acceptors (Lipinski definition) is 3. The average molecular weight is 265 g/mol. The van der Waals surface area contributed by atoms with Crippen molar-refractivity contribution < 1.29 is 0 Å². The fourth-order valence-corrected chi connectivity index (χ4v) is 2.83. The number of rotatable bonds is 8. The summed E-state index contributed by atoms with van der Waals surface area (Å²) in [5.74, 6) is 0.719. The zero-order valence-electron chi connectivity index (χ0n) is 13.5. The lowest BCUT2D eigenvalue weighted by Crippen LogP contribution is -2.49. The molecule has 0 aromatic rings. The molecule has 0 spiro atoms. The Balaban J connectivity index is 2.51. The van der Waals surface area contributed by atoms with Gasteiger partial charge in [-0.2, -0.15) is 5.26 Å². The van der Waals surface area contributed by atoms with Crippen molar-refractivity contribution in [2.75, 3.05) is 7.05 Å². The van der Waals surface area contributed by atoms with Crippen molar-refractivity contribution in [3.05, 3.63) is 0 Å². The highest BCUT2D eigenvalue weighted by Crippen LogP contribution is 2.26. The molecule has 3 nitrogen and oxygen atoms in total. The summed E-state index contributed by atoms with van der Waals surface area (Å²) in [6.07, 6.45) is 4.55. The second-order valence-electron chi connectivity index (χ2n) is 7.06. The van der Waals surface area contributed by atoms with Crippen molar-refractivity contribution in [2.24, 2.45) is 5.92 Å². The molecule has 1 N–H and O–H groups in total. The summed E-state index contributed by atoms with van der Waals surface area (Å²) in [4.78, 5) is 2.42. The number of nitrogens with one attached hydrogen (secondary N) is 1. The molecule has 1 aliphatic rings. The zero-order valence-corrected chi connectivity index (χ0v) is 13.5. The second kappa shape index (κ2) is 6.72. The van der Waals surface area contributed by atoms with Gasteiger partial charge in [-0.25, -0.2) is 0 Å². The van der Waals surface area contributed by atoms with E-state index in [9.17, 15) is 5.26 Å². The van der Waals surface area contributed by atoms with E-state index in [-0.39, 0.29) is 5.54 Å². The Morgan fingerprint density at radius 1 is 1.26 bits per heavy atom. The van der Waals surface area contributed by atoms with Gasteiger partial charge in [0.15, 0.2) is 0 Å². The predicted molar refractivity (Wildman–Crippen MR) is 80.9 cm³/mol. The van der Waals surface area contributed by atoms with Crippen LogP contribution in [0.2, 0.25) is 0 Å². The standard InChI is InChI=1S/C16H31N3/c1-12(2)9-13(3)19(6)14(4)10-16(5,11-17)18-15-7-8-15/h12-15,18H,7-10H2,1-6H3. The van der Waals surface area contributed by atoms with Crippen LogP contribution in [-0.2, 0) is 0 Å². The van der Waals surface area contributed by atoms with Crippen LogP contribution < -0.4 is 5.32 Å². The van der Waals surface area contributed by atoms with Gasteiger partial charge in [-0.3, -0.25) is 5.32 Å². The van der Waals surface area contributed by atoms with Crippen molar-refractivity contribution in [1.29, 1.82) is 5.26 Å². The summed E-state index contributed by atoms with van der Waals surface area (Å²) >= 11 is 0. The molecule has 19 heavy (non-hydrogen) atoms. The molecule has 1 rings (SSSR count). The molecule has 1 saturated carbocycles. The van der Waals surface area contributed by atoms with E-state index >= 15 is 0 Å².